The number of benzene rings is 2. The summed E-state index contributed by atoms with van der Waals surface area (Å²) in [6.45, 7) is 5.57. The molecule has 0 unspecified atom stereocenters. The van der Waals surface area contributed by atoms with Crippen LogP contribution in [-0.2, 0) is 36.9 Å². The number of carbonyl (C=O) groups is 2. The van der Waals surface area contributed by atoms with Crippen molar-refractivity contribution in [2.24, 2.45) is 0 Å². The minimum Gasteiger partial charge on any atom is -0.457 e. The predicted molar refractivity (Wildman–Crippen MR) is 172 cm³/mol. The summed E-state index contributed by atoms with van der Waals surface area (Å²) in [5.41, 5.74) is 2.83. The topological polar surface area (TPSA) is 85.0 Å². The molecule has 0 spiro atoms. The Morgan fingerprint density at radius 2 is 1.79 bits per heavy atom. The van der Waals surface area contributed by atoms with Crippen molar-refractivity contribution in [1.82, 2.24) is 29.6 Å². The fourth-order valence-electron chi connectivity index (χ4n) is 6.35. The second-order valence-corrected chi connectivity index (χ2v) is 12.8. The molecule has 248 valence electrons. The number of hydrogen-bond donors (Lipinski definition) is 1. The minimum atomic E-state index is -4.51. The molecule has 4 heterocycles. The highest BCUT2D eigenvalue weighted by Crippen LogP contribution is 2.35. The van der Waals surface area contributed by atoms with E-state index in [4.69, 9.17) is 4.74 Å². The summed E-state index contributed by atoms with van der Waals surface area (Å²) < 4.78 is 48.7. The lowest BCUT2D eigenvalue weighted by Gasteiger charge is -2.35. The van der Waals surface area contributed by atoms with Gasteiger partial charge in [0.2, 0.25) is 5.91 Å². The number of rotatable bonds is 7. The first kappa shape index (κ1) is 32.5. The van der Waals surface area contributed by atoms with Crippen LogP contribution in [0.15, 0.2) is 54.7 Å². The van der Waals surface area contributed by atoms with Crippen LogP contribution in [0.2, 0.25) is 0 Å². The summed E-state index contributed by atoms with van der Waals surface area (Å²) in [6, 6.07) is 13.4. The lowest BCUT2D eigenvalue weighted by Crippen LogP contribution is -2.44. The van der Waals surface area contributed by atoms with Gasteiger partial charge < -0.3 is 24.4 Å². The third kappa shape index (κ3) is 7.13. The number of ether oxygens (including phenoxy) is 1. The van der Waals surface area contributed by atoms with E-state index in [0.717, 1.165) is 30.3 Å². The normalized spacial score (nSPS) is 17.5. The number of nitrogens with one attached hydrogen (secondary N) is 1. The first-order valence-electron chi connectivity index (χ1n) is 15.7. The van der Waals surface area contributed by atoms with Gasteiger partial charge in [0.15, 0.2) is 0 Å². The van der Waals surface area contributed by atoms with E-state index in [1.165, 1.54) is 11.0 Å². The Labute approximate surface area is 271 Å². The van der Waals surface area contributed by atoms with E-state index in [-0.39, 0.29) is 36.4 Å². The van der Waals surface area contributed by atoms with Gasteiger partial charge in [0.1, 0.15) is 22.8 Å². The smallest absolute Gasteiger partial charge is 0.416 e. The first-order valence-corrected chi connectivity index (χ1v) is 15.7. The Balaban J connectivity index is 1.17. The van der Waals surface area contributed by atoms with Crippen LogP contribution in [0.5, 0.6) is 11.5 Å². The molecular formula is C35H39F3N6O3. The number of alkyl halides is 3. The standard InChI is InChI=1S/C35H39F3N6O3/c1-22-15-24-7-8-27(47-31-9-10-39-33-28(31)19-30(40-33)34(46)41(2)3)18-26(24)21-44(22)32(45)17-23-5-6-25(29(16-23)35(36,37)38)20-43-13-11-42(4)12-14-43/h5-10,16,18-19,22H,11-15,17,20-21H2,1-4H3,(H,39,40)/t22-/m1/s1. The van der Waals surface area contributed by atoms with Gasteiger partial charge in [-0.2, -0.15) is 13.2 Å². The molecular weight excluding hydrogens is 609 g/mol. The zero-order valence-corrected chi connectivity index (χ0v) is 27.0. The molecule has 4 aromatic rings. The summed E-state index contributed by atoms with van der Waals surface area (Å²) in [4.78, 5) is 40.8. The van der Waals surface area contributed by atoms with E-state index in [1.807, 2.05) is 37.1 Å². The highest BCUT2D eigenvalue weighted by Gasteiger charge is 2.35. The van der Waals surface area contributed by atoms with E-state index >= 15 is 0 Å². The van der Waals surface area contributed by atoms with Crippen LogP contribution >= 0.6 is 0 Å². The number of carbonyl (C=O) groups excluding carboxylic acids is 2. The molecule has 0 bridgehead atoms. The molecule has 2 amide bonds. The van der Waals surface area contributed by atoms with Gasteiger partial charge in [0, 0.05) is 65.6 Å². The van der Waals surface area contributed by atoms with Crippen molar-refractivity contribution >= 4 is 22.8 Å². The number of aromatic nitrogens is 2. The van der Waals surface area contributed by atoms with Crippen molar-refractivity contribution < 1.29 is 27.5 Å². The lowest BCUT2D eigenvalue weighted by atomic mass is 9.93. The molecule has 1 fully saturated rings. The number of piperazine rings is 1. The zero-order chi connectivity index (χ0) is 33.5. The van der Waals surface area contributed by atoms with Crippen LogP contribution in [0.3, 0.4) is 0 Å². The molecule has 6 rings (SSSR count). The maximum Gasteiger partial charge on any atom is 0.416 e. The van der Waals surface area contributed by atoms with Gasteiger partial charge in [-0.1, -0.05) is 18.2 Å². The van der Waals surface area contributed by atoms with Crippen molar-refractivity contribution in [2.75, 3.05) is 47.3 Å². The molecule has 0 aliphatic carbocycles. The summed E-state index contributed by atoms with van der Waals surface area (Å²) in [5.74, 6) is 0.678. The number of H-pyrrole nitrogens is 1. The van der Waals surface area contributed by atoms with E-state index < -0.39 is 11.7 Å². The second kappa shape index (κ2) is 13.0. The third-order valence-electron chi connectivity index (χ3n) is 9.07. The number of aromatic amines is 1. The van der Waals surface area contributed by atoms with Crippen LogP contribution in [-0.4, -0.2) is 94.7 Å². The van der Waals surface area contributed by atoms with Crippen LogP contribution in [0.25, 0.3) is 11.0 Å². The van der Waals surface area contributed by atoms with Crippen molar-refractivity contribution in [3.8, 4) is 11.5 Å². The zero-order valence-electron chi connectivity index (χ0n) is 27.0. The molecule has 0 radical (unpaired) electrons. The van der Waals surface area contributed by atoms with Crippen molar-refractivity contribution in [2.45, 2.75) is 45.1 Å². The van der Waals surface area contributed by atoms with E-state index in [2.05, 4.69) is 14.9 Å². The molecule has 1 N–H and O–H groups in total. The van der Waals surface area contributed by atoms with Crippen LogP contribution < -0.4 is 4.74 Å². The average Bonchev–Trinajstić information content (AvgIpc) is 3.47. The number of nitrogens with zero attached hydrogens (tertiary/aromatic N) is 5. The summed E-state index contributed by atoms with van der Waals surface area (Å²) in [6.07, 6.45) is -2.42. The number of fused-ring (bicyclic) bond motifs is 2. The van der Waals surface area contributed by atoms with Gasteiger partial charge in [-0.25, -0.2) is 4.98 Å². The maximum absolute atomic E-state index is 14.2. The number of halogens is 3. The van der Waals surface area contributed by atoms with Crippen molar-refractivity contribution in [3.63, 3.8) is 0 Å². The molecule has 1 atom stereocenters. The fraction of sp³-hybridized carbons (Fsp3) is 0.400. The largest absolute Gasteiger partial charge is 0.457 e. The van der Waals surface area contributed by atoms with Crippen molar-refractivity contribution in [1.29, 1.82) is 0 Å². The highest BCUT2D eigenvalue weighted by atomic mass is 19.4. The number of amides is 2. The Hall–Kier alpha value is -4.42. The molecule has 0 saturated carbocycles. The molecule has 2 aromatic carbocycles. The molecule has 2 aliphatic heterocycles. The molecule has 2 aliphatic rings. The molecule has 47 heavy (non-hydrogen) atoms. The van der Waals surface area contributed by atoms with Gasteiger partial charge in [-0.05, 0) is 73.0 Å². The van der Waals surface area contributed by atoms with Gasteiger partial charge in [0.25, 0.3) is 5.91 Å². The SMILES string of the molecule is C[C@@H]1Cc2ccc(Oc3ccnc4[nH]c(C(=O)N(C)C)cc34)cc2CN1C(=O)Cc1ccc(CN2CCN(C)CC2)c(C(F)(F)F)c1. The van der Waals surface area contributed by atoms with E-state index in [1.54, 1.807) is 43.4 Å². The average molecular weight is 649 g/mol. The molecule has 1 saturated heterocycles. The fourth-order valence-corrected chi connectivity index (χ4v) is 6.35. The quantitative estimate of drug-likeness (QED) is 0.292. The van der Waals surface area contributed by atoms with Crippen LogP contribution in [0.4, 0.5) is 13.2 Å². The first-order chi connectivity index (χ1) is 22.4. The number of hydrogen-bond acceptors (Lipinski definition) is 6. The van der Waals surface area contributed by atoms with Gasteiger partial charge in [-0.3, -0.25) is 14.5 Å². The Morgan fingerprint density at radius 3 is 2.51 bits per heavy atom. The number of pyridine rings is 1. The lowest BCUT2D eigenvalue weighted by molar-refractivity contribution is -0.139. The number of likely N-dealkylation sites (N-methyl/N-ethyl adjacent to an activating group) is 1. The summed E-state index contributed by atoms with van der Waals surface area (Å²) >= 11 is 0. The minimum absolute atomic E-state index is 0.118. The predicted octanol–water partition coefficient (Wildman–Crippen LogP) is 5.34. The Bertz CT molecular complexity index is 1800. The molecule has 9 nitrogen and oxygen atoms in total. The van der Waals surface area contributed by atoms with Crippen molar-refractivity contribution in [3.05, 3.63) is 88.2 Å². The summed E-state index contributed by atoms with van der Waals surface area (Å²) in [7, 11) is 5.35. The van der Waals surface area contributed by atoms with Crippen LogP contribution in [0.1, 0.15) is 45.2 Å². The molecule has 12 heteroatoms. The Morgan fingerprint density at radius 1 is 1.02 bits per heavy atom. The van der Waals surface area contributed by atoms with E-state index in [0.29, 0.717) is 59.8 Å². The molecule has 2 aromatic heterocycles. The second-order valence-electron chi connectivity index (χ2n) is 12.8. The maximum atomic E-state index is 14.2. The van der Waals surface area contributed by atoms with E-state index in [9.17, 15) is 22.8 Å². The van der Waals surface area contributed by atoms with Gasteiger partial charge in [-0.15, -0.1) is 0 Å². The highest BCUT2D eigenvalue weighted by molar-refractivity contribution is 5.98. The summed E-state index contributed by atoms with van der Waals surface area (Å²) in [5, 5.41) is 0.661. The third-order valence-corrected chi connectivity index (χ3v) is 9.07. The van der Waals surface area contributed by atoms with Gasteiger partial charge >= 0.3 is 6.18 Å². The Kier molecular flexibility index (Phi) is 8.99. The van der Waals surface area contributed by atoms with Crippen LogP contribution in [0, 0.1) is 0 Å². The van der Waals surface area contributed by atoms with Gasteiger partial charge in [0.05, 0.1) is 17.4 Å². The monoisotopic (exact) mass is 648 g/mol.